The van der Waals surface area contributed by atoms with Crippen LogP contribution in [0.1, 0.15) is 11.3 Å². The summed E-state index contributed by atoms with van der Waals surface area (Å²) < 4.78 is 0. The zero-order valence-corrected chi connectivity index (χ0v) is 10.3. The molecule has 7 nitrogen and oxygen atoms in total. The number of anilines is 1. The minimum absolute atomic E-state index is 0.0139. The lowest BCUT2D eigenvalue weighted by Gasteiger charge is -2.29. The summed E-state index contributed by atoms with van der Waals surface area (Å²) in [5.41, 5.74) is 6.56. The van der Waals surface area contributed by atoms with Crippen molar-refractivity contribution in [2.45, 2.75) is 19.0 Å². The van der Waals surface area contributed by atoms with Crippen LogP contribution in [-0.2, 0) is 17.8 Å². The van der Waals surface area contributed by atoms with Crippen molar-refractivity contribution < 1.29 is 4.79 Å². The minimum atomic E-state index is -0.263. The molecule has 1 amide bonds. The van der Waals surface area contributed by atoms with Crippen molar-refractivity contribution in [3.8, 4) is 0 Å². The van der Waals surface area contributed by atoms with E-state index in [1.807, 2.05) is 12.2 Å². The van der Waals surface area contributed by atoms with Crippen LogP contribution in [0, 0.1) is 0 Å². The first kappa shape index (κ1) is 11.9. The Morgan fingerprint density at radius 1 is 1.53 bits per heavy atom. The molecule has 2 aliphatic heterocycles. The molecule has 3 rings (SSSR count). The van der Waals surface area contributed by atoms with Gasteiger partial charge >= 0.3 is 0 Å². The van der Waals surface area contributed by atoms with Gasteiger partial charge in [-0.05, 0) is 6.42 Å². The molecule has 1 aromatic rings. The topological polar surface area (TPSA) is 104 Å². The summed E-state index contributed by atoms with van der Waals surface area (Å²) in [4.78, 5) is 32.3. The highest BCUT2D eigenvalue weighted by Crippen LogP contribution is 2.15. The third-order valence-electron chi connectivity index (χ3n) is 3.45. The molecule has 7 heteroatoms. The molecule has 4 N–H and O–H groups in total. The molecule has 1 aromatic heterocycles. The highest BCUT2D eigenvalue weighted by atomic mass is 16.2. The number of nitrogens with zero attached hydrogens (tertiary/aromatic N) is 2. The minimum Gasteiger partial charge on any atom is -0.369 e. The van der Waals surface area contributed by atoms with Gasteiger partial charge in [0.2, 0.25) is 11.9 Å². The molecule has 1 atom stereocenters. The molecule has 0 spiro atoms. The first-order valence-corrected chi connectivity index (χ1v) is 6.21. The van der Waals surface area contributed by atoms with E-state index in [-0.39, 0.29) is 23.5 Å². The Bertz CT molecular complexity index is 607. The number of nitrogens with one attached hydrogen (secondary N) is 2. The van der Waals surface area contributed by atoms with Gasteiger partial charge in [-0.3, -0.25) is 19.9 Å². The predicted octanol–water partition coefficient (Wildman–Crippen LogP) is -1.24. The Hall–Kier alpha value is -2.15. The largest absolute Gasteiger partial charge is 0.369 e. The van der Waals surface area contributed by atoms with E-state index in [0.717, 1.165) is 0 Å². The van der Waals surface area contributed by atoms with E-state index in [4.69, 9.17) is 5.73 Å². The molecule has 0 saturated heterocycles. The summed E-state index contributed by atoms with van der Waals surface area (Å²) in [6, 6.07) is -0.263. The normalized spacial score (nSPS) is 21.5. The summed E-state index contributed by atoms with van der Waals surface area (Å²) in [5.74, 6) is 0.108. The average molecular weight is 261 g/mol. The van der Waals surface area contributed by atoms with Crippen molar-refractivity contribution in [3.05, 3.63) is 33.8 Å². The van der Waals surface area contributed by atoms with Crippen LogP contribution in [0.5, 0.6) is 0 Å². The molecule has 0 bridgehead atoms. The van der Waals surface area contributed by atoms with Crippen molar-refractivity contribution >= 4 is 11.9 Å². The number of nitrogens with two attached hydrogens (primary N) is 1. The smallest absolute Gasteiger partial charge is 0.255 e. The Morgan fingerprint density at radius 3 is 3.11 bits per heavy atom. The molecule has 100 valence electrons. The Kier molecular flexibility index (Phi) is 2.83. The molecular formula is C12H15N5O2. The first-order valence-electron chi connectivity index (χ1n) is 6.21. The number of carbonyl (C=O) groups is 1. The summed E-state index contributed by atoms with van der Waals surface area (Å²) in [6.07, 6.45) is 4.30. The summed E-state index contributed by atoms with van der Waals surface area (Å²) >= 11 is 0. The van der Waals surface area contributed by atoms with E-state index < -0.39 is 0 Å². The molecule has 19 heavy (non-hydrogen) atoms. The molecule has 0 saturated carbocycles. The standard InChI is InChI=1S/C12H15N5O2/c13-12-15-9-6-17(5-3-7(9)10(18)16-12)11(19)8-2-1-4-14-8/h1-2,8,14H,3-6H2,(H3,13,15,16,18)/t8-/m0/s1. The van der Waals surface area contributed by atoms with Gasteiger partial charge in [-0.1, -0.05) is 12.2 Å². The lowest BCUT2D eigenvalue weighted by atomic mass is 10.1. The van der Waals surface area contributed by atoms with Gasteiger partial charge in [-0.15, -0.1) is 0 Å². The highest BCUT2D eigenvalue weighted by molar-refractivity contribution is 5.84. The second-order valence-corrected chi connectivity index (χ2v) is 4.70. The van der Waals surface area contributed by atoms with Crippen LogP contribution in [0.15, 0.2) is 16.9 Å². The van der Waals surface area contributed by atoms with Crippen molar-refractivity contribution in [2.75, 3.05) is 18.8 Å². The number of hydrogen-bond donors (Lipinski definition) is 3. The van der Waals surface area contributed by atoms with Gasteiger partial charge in [0.15, 0.2) is 0 Å². The predicted molar refractivity (Wildman–Crippen MR) is 69.3 cm³/mol. The van der Waals surface area contributed by atoms with E-state index >= 15 is 0 Å². The fourth-order valence-electron chi connectivity index (χ4n) is 2.48. The van der Waals surface area contributed by atoms with E-state index in [1.54, 1.807) is 4.90 Å². The molecule has 2 aliphatic rings. The van der Waals surface area contributed by atoms with Gasteiger partial charge in [0.05, 0.1) is 12.2 Å². The van der Waals surface area contributed by atoms with Gasteiger partial charge in [-0.2, -0.15) is 0 Å². The van der Waals surface area contributed by atoms with Crippen LogP contribution >= 0.6 is 0 Å². The lowest BCUT2D eigenvalue weighted by Crippen LogP contribution is -2.46. The third-order valence-corrected chi connectivity index (χ3v) is 3.45. The van der Waals surface area contributed by atoms with E-state index in [9.17, 15) is 9.59 Å². The van der Waals surface area contributed by atoms with Crippen molar-refractivity contribution in [3.63, 3.8) is 0 Å². The number of H-pyrrole nitrogens is 1. The second-order valence-electron chi connectivity index (χ2n) is 4.70. The number of rotatable bonds is 1. The molecule has 0 aromatic carbocycles. The van der Waals surface area contributed by atoms with Gasteiger partial charge in [0.25, 0.3) is 5.56 Å². The number of fused-ring (bicyclic) bond motifs is 1. The summed E-state index contributed by atoms with van der Waals surface area (Å²) in [6.45, 7) is 1.59. The zero-order chi connectivity index (χ0) is 13.4. The molecule has 0 radical (unpaired) electrons. The van der Waals surface area contributed by atoms with Crippen LogP contribution in [0.3, 0.4) is 0 Å². The average Bonchev–Trinajstić information content (AvgIpc) is 2.90. The van der Waals surface area contributed by atoms with Crippen molar-refractivity contribution in [1.29, 1.82) is 0 Å². The van der Waals surface area contributed by atoms with Crippen LogP contribution in [0.4, 0.5) is 5.95 Å². The molecule has 0 unspecified atom stereocenters. The monoisotopic (exact) mass is 261 g/mol. The molecule has 0 aliphatic carbocycles. The number of carbonyl (C=O) groups excluding carboxylic acids is 1. The Balaban J connectivity index is 1.84. The Morgan fingerprint density at radius 2 is 2.37 bits per heavy atom. The summed E-state index contributed by atoms with van der Waals surface area (Å²) in [5, 5.41) is 3.09. The summed E-state index contributed by atoms with van der Waals surface area (Å²) in [7, 11) is 0. The second kappa shape index (κ2) is 4.51. The quantitative estimate of drug-likeness (QED) is 0.549. The molecular weight excluding hydrogens is 246 g/mol. The van der Waals surface area contributed by atoms with Gasteiger partial charge < -0.3 is 10.6 Å². The van der Waals surface area contributed by atoms with Gasteiger partial charge in [-0.25, -0.2) is 4.98 Å². The number of aromatic nitrogens is 2. The lowest BCUT2D eigenvalue weighted by molar-refractivity contribution is -0.133. The zero-order valence-electron chi connectivity index (χ0n) is 10.3. The van der Waals surface area contributed by atoms with Gasteiger partial charge in [0, 0.05) is 18.7 Å². The fraction of sp³-hybridized carbons (Fsp3) is 0.417. The number of aromatic amines is 1. The van der Waals surface area contributed by atoms with Crippen molar-refractivity contribution in [1.82, 2.24) is 20.2 Å². The van der Waals surface area contributed by atoms with Crippen LogP contribution in [-0.4, -0.2) is 39.9 Å². The number of hydrogen-bond acceptors (Lipinski definition) is 5. The molecule has 0 fully saturated rings. The van der Waals surface area contributed by atoms with E-state index in [1.165, 1.54) is 0 Å². The van der Waals surface area contributed by atoms with E-state index in [2.05, 4.69) is 15.3 Å². The third kappa shape index (κ3) is 2.12. The maximum Gasteiger partial charge on any atom is 0.255 e. The van der Waals surface area contributed by atoms with Crippen molar-refractivity contribution in [2.24, 2.45) is 0 Å². The Labute approximate surface area is 109 Å². The van der Waals surface area contributed by atoms with Crippen LogP contribution in [0.2, 0.25) is 0 Å². The molecule has 3 heterocycles. The number of amides is 1. The fourth-order valence-corrected chi connectivity index (χ4v) is 2.48. The first-order chi connectivity index (χ1) is 9.15. The number of nitrogen functional groups attached to an aromatic ring is 1. The maximum atomic E-state index is 12.2. The van der Waals surface area contributed by atoms with Gasteiger partial charge in [0.1, 0.15) is 6.04 Å². The van der Waals surface area contributed by atoms with Crippen LogP contribution < -0.4 is 16.6 Å². The van der Waals surface area contributed by atoms with E-state index in [0.29, 0.717) is 37.3 Å². The van der Waals surface area contributed by atoms with Crippen LogP contribution in [0.25, 0.3) is 0 Å². The maximum absolute atomic E-state index is 12.2. The SMILES string of the molecule is Nc1nc2c(c(=O)[nH]1)CCN(C(=O)[C@@H]1C=CCN1)C2. The highest BCUT2D eigenvalue weighted by Gasteiger charge is 2.28.